The summed E-state index contributed by atoms with van der Waals surface area (Å²) in [5, 5.41) is 0. The molecule has 0 radical (unpaired) electrons. The zero-order valence-corrected chi connectivity index (χ0v) is 10.4. The van der Waals surface area contributed by atoms with Crippen LogP contribution >= 0.6 is 0 Å². The second-order valence-corrected chi connectivity index (χ2v) is 4.04. The van der Waals surface area contributed by atoms with E-state index in [9.17, 15) is 0 Å². The summed E-state index contributed by atoms with van der Waals surface area (Å²) >= 11 is 0. The molecule has 0 aliphatic carbocycles. The van der Waals surface area contributed by atoms with E-state index < -0.39 is 0 Å². The Hall–Kier alpha value is -1.28. The highest BCUT2D eigenvalue weighted by atomic mass is 16.7. The van der Waals surface area contributed by atoms with Crippen molar-refractivity contribution in [3.63, 3.8) is 0 Å². The van der Waals surface area contributed by atoms with Crippen molar-refractivity contribution >= 4 is 6.08 Å². The molecule has 1 atom stereocenters. The van der Waals surface area contributed by atoms with E-state index in [0.29, 0.717) is 0 Å². The molecular formula is C14H20O2. The van der Waals surface area contributed by atoms with Gasteiger partial charge in [-0.15, -0.1) is 0 Å². The zero-order chi connectivity index (χ0) is 12.0. The van der Waals surface area contributed by atoms with E-state index in [1.54, 1.807) is 0 Å². The molecule has 2 nitrogen and oxygen atoms in total. The van der Waals surface area contributed by atoms with Crippen molar-refractivity contribution in [3.8, 4) is 0 Å². The fourth-order valence-corrected chi connectivity index (χ4v) is 1.49. The van der Waals surface area contributed by atoms with E-state index in [1.807, 2.05) is 64.1 Å². The van der Waals surface area contributed by atoms with Gasteiger partial charge in [-0.2, -0.15) is 0 Å². The molecule has 0 N–H and O–H groups in total. The Balaban J connectivity index is 2.52. The summed E-state index contributed by atoms with van der Waals surface area (Å²) in [6, 6.07) is 10.1. The fraction of sp³-hybridized carbons (Fsp3) is 0.429. The molecule has 2 heteroatoms. The summed E-state index contributed by atoms with van der Waals surface area (Å²) < 4.78 is 11.1. The molecule has 0 saturated carbocycles. The SMILES string of the molecule is CC(=Cc1ccccc1)OC(C)OC(C)C. The first-order chi connectivity index (χ1) is 7.58. The number of benzene rings is 1. The Morgan fingerprint density at radius 1 is 1.12 bits per heavy atom. The number of allylic oxidation sites excluding steroid dienone is 1. The Morgan fingerprint density at radius 2 is 1.75 bits per heavy atom. The molecule has 1 unspecified atom stereocenters. The minimum Gasteiger partial charge on any atom is -0.470 e. The van der Waals surface area contributed by atoms with Crippen LogP contribution in [0.2, 0.25) is 0 Å². The van der Waals surface area contributed by atoms with Crippen LogP contribution in [0.5, 0.6) is 0 Å². The molecule has 1 aromatic rings. The standard InChI is InChI=1S/C14H20O2/c1-11(2)15-13(4)16-12(3)10-14-8-6-5-7-9-14/h5-11,13H,1-4H3. The minimum atomic E-state index is -0.208. The van der Waals surface area contributed by atoms with Gasteiger partial charge < -0.3 is 9.47 Å². The third-order valence-electron chi connectivity index (χ3n) is 1.99. The molecular weight excluding hydrogens is 200 g/mol. The summed E-state index contributed by atoms with van der Waals surface area (Å²) in [7, 11) is 0. The van der Waals surface area contributed by atoms with Gasteiger partial charge in [0, 0.05) is 0 Å². The van der Waals surface area contributed by atoms with E-state index >= 15 is 0 Å². The van der Waals surface area contributed by atoms with Gasteiger partial charge in [0.05, 0.1) is 11.9 Å². The van der Waals surface area contributed by atoms with Crippen molar-refractivity contribution in [1.82, 2.24) is 0 Å². The molecule has 0 aliphatic rings. The first-order valence-corrected chi connectivity index (χ1v) is 5.63. The van der Waals surface area contributed by atoms with Crippen LogP contribution in [0.25, 0.3) is 6.08 Å². The predicted octanol–water partition coefficient (Wildman–Crippen LogP) is 3.84. The van der Waals surface area contributed by atoms with Crippen molar-refractivity contribution in [2.24, 2.45) is 0 Å². The van der Waals surface area contributed by atoms with Crippen molar-refractivity contribution < 1.29 is 9.47 Å². The van der Waals surface area contributed by atoms with Crippen LogP contribution in [0.4, 0.5) is 0 Å². The molecule has 0 aromatic heterocycles. The quantitative estimate of drug-likeness (QED) is 0.554. The summed E-state index contributed by atoms with van der Waals surface area (Å²) in [6.45, 7) is 7.84. The Bertz CT molecular complexity index is 328. The summed E-state index contributed by atoms with van der Waals surface area (Å²) in [6.07, 6.45) is 1.97. The Labute approximate surface area is 97.9 Å². The van der Waals surface area contributed by atoms with Crippen LogP contribution in [0.3, 0.4) is 0 Å². The maximum atomic E-state index is 5.60. The summed E-state index contributed by atoms with van der Waals surface area (Å²) in [5.41, 5.74) is 1.14. The Morgan fingerprint density at radius 3 is 2.31 bits per heavy atom. The molecule has 1 rings (SSSR count). The number of rotatable bonds is 5. The lowest BCUT2D eigenvalue weighted by Gasteiger charge is -2.18. The van der Waals surface area contributed by atoms with Gasteiger partial charge in [0.25, 0.3) is 0 Å². The van der Waals surface area contributed by atoms with Gasteiger partial charge in [0.15, 0.2) is 6.29 Å². The van der Waals surface area contributed by atoms with Gasteiger partial charge in [-0.1, -0.05) is 30.3 Å². The second kappa shape index (κ2) is 6.33. The average molecular weight is 220 g/mol. The van der Waals surface area contributed by atoms with E-state index in [-0.39, 0.29) is 12.4 Å². The molecule has 0 saturated heterocycles. The third-order valence-corrected chi connectivity index (χ3v) is 1.99. The molecule has 0 fully saturated rings. The summed E-state index contributed by atoms with van der Waals surface area (Å²) in [5.74, 6) is 0.861. The molecule has 0 heterocycles. The van der Waals surface area contributed by atoms with Crippen molar-refractivity contribution in [2.75, 3.05) is 0 Å². The topological polar surface area (TPSA) is 18.5 Å². The Kier molecular flexibility index (Phi) is 5.06. The lowest BCUT2D eigenvalue weighted by atomic mass is 10.2. The maximum Gasteiger partial charge on any atom is 0.196 e. The van der Waals surface area contributed by atoms with Gasteiger partial charge >= 0.3 is 0 Å². The molecule has 0 aliphatic heterocycles. The minimum absolute atomic E-state index is 0.180. The predicted molar refractivity (Wildman–Crippen MR) is 66.9 cm³/mol. The average Bonchev–Trinajstić information content (AvgIpc) is 2.17. The first kappa shape index (κ1) is 12.8. The van der Waals surface area contributed by atoms with Crippen molar-refractivity contribution in [1.29, 1.82) is 0 Å². The molecule has 88 valence electrons. The number of hydrogen-bond donors (Lipinski definition) is 0. The van der Waals surface area contributed by atoms with Crippen molar-refractivity contribution in [3.05, 3.63) is 41.7 Å². The van der Waals surface area contributed by atoms with Gasteiger partial charge in [-0.05, 0) is 39.3 Å². The largest absolute Gasteiger partial charge is 0.470 e. The maximum absolute atomic E-state index is 5.60. The highest BCUT2D eigenvalue weighted by Gasteiger charge is 2.05. The lowest BCUT2D eigenvalue weighted by Crippen LogP contribution is -2.16. The van der Waals surface area contributed by atoms with E-state index in [1.165, 1.54) is 0 Å². The van der Waals surface area contributed by atoms with E-state index in [0.717, 1.165) is 11.3 Å². The third kappa shape index (κ3) is 4.99. The summed E-state index contributed by atoms with van der Waals surface area (Å²) in [4.78, 5) is 0. The molecule has 0 spiro atoms. The molecule has 0 bridgehead atoms. The number of hydrogen-bond acceptors (Lipinski definition) is 2. The van der Waals surface area contributed by atoms with Crippen LogP contribution in [0.15, 0.2) is 36.1 Å². The zero-order valence-electron chi connectivity index (χ0n) is 10.4. The van der Waals surface area contributed by atoms with Crippen molar-refractivity contribution in [2.45, 2.75) is 40.1 Å². The van der Waals surface area contributed by atoms with Crippen LogP contribution in [0.1, 0.15) is 33.3 Å². The lowest BCUT2D eigenvalue weighted by molar-refractivity contribution is -0.126. The highest BCUT2D eigenvalue weighted by Crippen LogP contribution is 2.10. The van der Waals surface area contributed by atoms with E-state index in [2.05, 4.69) is 0 Å². The van der Waals surface area contributed by atoms with Gasteiger partial charge in [-0.3, -0.25) is 0 Å². The van der Waals surface area contributed by atoms with Gasteiger partial charge in [-0.25, -0.2) is 0 Å². The second-order valence-electron chi connectivity index (χ2n) is 4.04. The van der Waals surface area contributed by atoms with Gasteiger partial charge in [0.1, 0.15) is 0 Å². The number of ether oxygens (including phenoxy) is 2. The molecule has 0 amide bonds. The smallest absolute Gasteiger partial charge is 0.196 e. The normalized spacial score (nSPS) is 13.9. The van der Waals surface area contributed by atoms with Gasteiger partial charge in [0.2, 0.25) is 0 Å². The van der Waals surface area contributed by atoms with E-state index in [4.69, 9.17) is 9.47 Å². The fourth-order valence-electron chi connectivity index (χ4n) is 1.49. The molecule has 16 heavy (non-hydrogen) atoms. The van der Waals surface area contributed by atoms with Crippen LogP contribution in [-0.2, 0) is 9.47 Å². The highest BCUT2D eigenvalue weighted by molar-refractivity contribution is 5.50. The van der Waals surface area contributed by atoms with Crippen LogP contribution < -0.4 is 0 Å². The monoisotopic (exact) mass is 220 g/mol. The van der Waals surface area contributed by atoms with Crippen LogP contribution in [-0.4, -0.2) is 12.4 Å². The van der Waals surface area contributed by atoms with Crippen LogP contribution in [0, 0.1) is 0 Å². The molecule has 1 aromatic carbocycles. The first-order valence-electron chi connectivity index (χ1n) is 5.63.